The van der Waals surface area contributed by atoms with Crippen LogP contribution in [-0.4, -0.2) is 43.8 Å². The molecule has 3 heterocycles. The van der Waals surface area contributed by atoms with Crippen LogP contribution in [0.4, 0.5) is 0 Å². The van der Waals surface area contributed by atoms with Gasteiger partial charge >= 0.3 is 5.97 Å². The van der Waals surface area contributed by atoms with Crippen molar-refractivity contribution in [3.8, 4) is 5.75 Å². The molecular weight excluding hydrogens is 394 g/mol. The summed E-state index contributed by atoms with van der Waals surface area (Å²) in [6, 6.07) is 11.3. The van der Waals surface area contributed by atoms with E-state index in [-0.39, 0.29) is 5.56 Å². The van der Waals surface area contributed by atoms with Gasteiger partial charge in [0.1, 0.15) is 5.75 Å². The fourth-order valence-electron chi connectivity index (χ4n) is 3.94. The number of fused-ring (bicyclic) bond motifs is 2. The van der Waals surface area contributed by atoms with Crippen molar-refractivity contribution in [2.24, 2.45) is 0 Å². The van der Waals surface area contributed by atoms with Crippen molar-refractivity contribution in [2.75, 3.05) is 13.3 Å². The van der Waals surface area contributed by atoms with E-state index in [1.165, 1.54) is 11.1 Å². The third-order valence-corrected chi connectivity index (χ3v) is 5.57. The monoisotopic (exact) mass is 417 g/mol. The summed E-state index contributed by atoms with van der Waals surface area (Å²) in [6.45, 7) is 2.80. The molecule has 0 spiro atoms. The van der Waals surface area contributed by atoms with Crippen molar-refractivity contribution in [3.05, 3.63) is 84.0 Å². The molecule has 0 saturated heterocycles. The Morgan fingerprint density at radius 2 is 2.10 bits per heavy atom. The Morgan fingerprint density at radius 1 is 1.16 bits per heavy atom. The summed E-state index contributed by atoms with van der Waals surface area (Å²) in [5.74, 6) is -0.0927. The molecule has 0 aliphatic carbocycles. The molecule has 0 radical (unpaired) electrons. The predicted molar refractivity (Wildman–Crippen MR) is 116 cm³/mol. The first-order valence-electron chi connectivity index (χ1n) is 10.2. The van der Waals surface area contributed by atoms with Crippen molar-refractivity contribution < 1.29 is 14.6 Å². The topological polar surface area (TPSA) is 82.9 Å². The summed E-state index contributed by atoms with van der Waals surface area (Å²) < 4.78 is 7.94. The third kappa shape index (κ3) is 4.10. The van der Waals surface area contributed by atoms with Crippen LogP contribution in [0.5, 0.6) is 5.75 Å². The van der Waals surface area contributed by atoms with E-state index >= 15 is 0 Å². The number of aromatic nitrogens is 2. The van der Waals surface area contributed by atoms with Crippen molar-refractivity contribution in [1.82, 2.24) is 24.9 Å². The molecule has 8 heteroatoms. The Kier molecular flexibility index (Phi) is 5.05. The second-order valence-corrected chi connectivity index (χ2v) is 7.67. The van der Waals surface area contributed by atoms with Gasteiger partial charge in [-0.15, -0.1) is 0 Å². The van der Waals surface area contributed by atoms with Gasteiger partial charge in [0.15, 0.2) is 6.73 Å². The second kappa shape index (κ2) is 8.16. The van der Waals surface area contributed by atoms with Crippen molar-refractivity contribution in [1.29, 1.82) is 0 Å². The van der Waals surface area contributed by atoms with Gasteiger partial charge in [0.2, 0.25) is 0 Å². The zero-order chi connectivity index (χ0) is 21.2. The quantitative estimate of drug-likeness (QED) is 0.638. The van der Waals surface area contributed by atoms with E-state index < -0.39 is 5.97 Å². The van der Waals surface area contributed by atoms with Crippen LogP contribution < -0.4 is 10.2 Å². The lowest BCUT2D eigenvalue weighted by Crippen LogP contribution is -2.34. The van der Waals surface area contributed by atoms with Gasteiger partial charge in [-0.25, -0.2) is 9.78 Å². The van der Waals surface area contributed by atoms with Crippen molar-refractivity contribution in [2.45, 2.75) is 19.6 Å². The molecule has 2 aliphatic heterocycles. The fraction of sp³-hybridized carbons (Fsp3) is 0.217. The van der Waals surface area contributed by atoms with Crippen LogP contribution in [0, 0.1) is 0 Å². The predicted octanol–water partition coefficient (Wildman–Crippen LogP) is 2.93. The van der Waals surface area contributed by atoms with Gasteiger partial charge in [-0.05, 0) is 60.0 Å². The minimum absolute atomic E-state index is 0.272. The molecule has 0 bridgehead atoms. The zero-order valence-corrected chi connectivity index (χ0v) is 16.9. The standard InChI is InChI=1S/C23H23N5O3/c29-23(30)18-4-6-21-22(12-18)27(14-24-21)15-26-10-7-17-3-5-20(11-19(17)13-26)31-16-28-9-2-1-8-25-28/h1-6,8-9,11-12,14,25H,7,10,13,15-16H2,(H,29,30). The van der Waals surface area contributed by atoms with E-state index in [9.17, 15) is 9.90 Å². The minimum Gasteiger partial charge on any atom is -0.478 e. The Morgan fingerprint density at radius 3 is 2.94 bits per heavy atom. The highest BCUT2D eigenvalue weighted by Crippen LogP contribution is 2.25. The van der Waals surface area contributed by atoms with Crippen LogP contribution in [-0.2, 0) is 19.6 Å². The van der Waals surface area contributed by atoms with E-state index in [0.29, 0.717) is 13.4 Å². The first-order valence-corrected chi connectivity index (χ1v) is 10.2. The van der Waals surface area contributed by atoms with E-state index in [1.54, 1.807) is 24.5 Å². The molecule has 3 aromatic rings. The van der Waals surface area contributed by atoms with E-state index in [4.69, 9.17) is 4.74 Å². The molecule has 2 aromatic carbocycles. The maximum Gasteiger partial charge on any atom is 0.335 e. The summed E-state index contributed by atoms with van der Waals surface area (Å²) in [5.41, 5.74) is 7.59. The van der Waals surface area contributed by atoms with Crippen LogP contribution in [0.25, 0.3) is 11.0 Å². The highest BCUT2D eigenvalue weighted by molar-refractivity contribution is 5.92. The maximum absolute atomic E-state index is 11.3. The van der Waals surface area contributed by atoms with E-state index in [2.05, 4.69) is 27.4 Å². The van der Waals surface area contributed by atoms with Gasteiger partial charge in [-0.2, -0.15) is 0 Å². The molecule has 158 valence electrons. The van der Waals surface area contributed by atoms with Crippen molar-refractivity contribution in [3.63, 3.8) is 0 Å². The molecule has 8 nitrogen and oxygen atoms in total. The summed E-state index contributed by atoms with van der Waals surface area (Å²) >= 11 is 0. The van der Waals surface area contributed by atoms with Gasteiger partial charge in [-0.3, -0.25) is 9.91 Å². The highest BCUT2D eigenvalue weighted by Gasteiger charge is 2.18. The van der Waals surface area contributed by atoms with E-state index in [0.717, 1.165) is 36.3 Å². The number of allylic oxidation sites excluding steroid dienone is 2. The van der Waals surface area contributed by atoms with Crippen LogP contribution in [0.3, 0.4) is 0 Å². The first-order chi connectivity index (χ1) is 15.2. The number of hydrogen-bond donors (Lipinski definition) is 2. The van der Waals surface area contributed by atoms with Gasteiger partial charge in [0.25, 0.3) is 0 Å². The van der Waals surface area contributed by atoms with E-state index in [1.807, 2.05) is 40.2 Å². The number of imidazole rings is 1. The average Bonchev–Trinajstić information content (AvgIpc) is 3.20. The molecule has 0 atom stereocenters. The molecular formula is C23H23N5O3. The van der Waals surface area contributed by atoms with Crippen LogP contribution >= 0.6 is 0 Å². The molecule has 0 fully saturated rings. The maximum atomic E-state index is 11.3. The number of rotatable bonds is 6. The average molecular weight is 417 g/mol. The number of carboxylic acid groups (broad SMARTS) is 1. The number of hydrazine groups is 1. The molecule has 2 N–H and O–H groups in total. The largest absolute Gasteiger partial charge is 0.478 e. The molecule has 0 amide bonds. The number of nitrogens with zero attached hydrogens (tertiary/aromatic N) is 4. The lowest BCUT2D eigenvalue weighted by atomic mass is 10.00. The van der Waals surface area contributed by atoms with Crippen LogP contribution in [0.1, 0.15) is 21.5 Å². The van der Waals surface area contributed by atoms with Gasteiger partial charge in [0.05, 0.1) is 29.6 Å². The Hall–Kier alpha value is -3.78. The summed E-state index contributed by atoms with van der Waals surface area (Å²) in [6.07, 6.45) is 10.4. The number of aromatic carboxylic acids is 1. The van der Waals surface area contributed by atoms with Crippen molar-refractivity contribution >= 4 is 17.0 Å². The SMILES string of the molecule is O=C(O)c1ccc2ncn(CN3CCc4ccc(OCN5C=CC=CN5)cc4C3)c2c1. The van der Waals surface area contributed by atoms with Crippen LogP contribution in [0.2, 0.25) is 0 Å². The number of benzene rings is 2. The molecule has 2 aliphatic rings. The molecule has 0 unspecified atom stereocenters. The number of hydrogen-bond acceptors (Lipinski definition) is 6. The Labute approximate surface area is 179 Å². The number of nitrogens with one attached hydrogen (secondary N) is 1. The molecule has 0 saturated carbocycles. The second-order valence-electron chi connectivity index (χ2n) is 7.67. The molecule has 1 aromatic heterocycles. The number of ether oxygens (including phenoxy) is 1. The summed E-state index contributed by atoms with van der Waals surface area (Å²) in [7, 11) is 0. The number of carbonyl (C=O) groups is 1. The molecule has 5 rings (SSSR count). The lowest BCUT2D eigenvalue weighted by Gasteiger charge is -2.29. The van der Waals surface area contributed by atoms with Gasteiger partial charge in [-0.1, -0.05) is 6.07 Å². The third-order valence-electron chi connectivity index (χ3n) is 5.57. The first kappa shape index (κ1) is 19.2. The van der Waals surface area contributed by atoms with Gasteiger partial charge in [0, 0.05) is 25.5 Å². The normalized spacial score (nSPS) is 15.7. The summed E-state index contributed by atoms with van der Waals surface area (Å²) in [4.78, 5) is 18.1. The lowest BCUT2D eigenvalue weighted by molar-refractivity contribution is 0.0697. The smallest absolute Gasteiger partial charge is 0.335 e. The highest BCUT2D eigenvalue weighted by atomic mass is 16.5. The van der Waals surface area contributed by atoms with Crippen LogP contribution in [0.15, 0.2) is 67.3 Å². The zero-order valence-electron chi connectivity index (χ0n) is 16.9. The van der Waals surface area contributed by atoms with Gasteiger partial charge < -0.3 is 19.8 Å². The minimum atomic E-state index is -0.930. The Balaban J connectivity index is 1.28. The number of carboxylic acids is 1. The molecule has 31 heavy (non-hydrogen) atoms. The Bertz CT molecular complexity index is 1180. The fourth-order valence-corrected chi connectivity index (χ4v) is 3.94. The summed E-state index contributed by atoms with van der Waals surface area (Å²) in [5, 5.41) is 11.2.